The molecule has 0 saturated heterocycles. The van der Waals surface area contributed by atoms with E-state index in [1.807, 2.05) is 22.9 Å². The second-order valence-corrected chi connectivity index (χ2v) is 6.68. The summed E-state index contributed by atoms with van der Waals surface area (Å²) >= 11 is 0. The Kier molecular flexibility index (Phi) is 5.23. The average Bonchev–Trinajstić information content (AvgIpc) is 3.39. The first-order valence-electron chi connectivity index (χ1n) is 9.63. The van der Waals surface area contributed by atoms with Crippen molar-refractivity contribution in [2.45, 2.75) is 39.7 Å². The molecule has 0 aliphatic rings. The summed E-state index contributed by atoms with van der Waals surface area (Å²) in [7, 11) is 0. The van der Waals surface area contributed by atoms with Crippen LogP contribution in [0.5, 0.6) is 0 Å². The Bertz CT molecular complexity index is 1030. The number of nitrogens with zero attached hydrogens (tertiary/aromatic N) is 6. The van der Waals surface area contributed by atoms with Crippen molar-refractivity contribution in [3.8, 4) is 22.5 Å². The lowest BCUT2D eigenvalue weighted by Crippen LogP contribution is -2.06. The summed E-state index contributed by atoms with van der Waals surface area (Å²) < 4.78 is 2.04. The van der Waals surface area contributed by atoms with Crippen molar-refractivity contribution >= 4 is 0 Å². The maximum absolute atomic E-state index is 4.70. The number of rotatable bonds is 7. The first-order chi connectivity index (χ1) is 13.8. The fraction of sp³-hybridized carbons (Fsp3) is 0.286. The molecule has 7 heteroatoms. The van der Waals surface area contributed by atoms with Crippen molar-refractivity contribution < 1.29 is 0 Å². The molecule has 142 valence electrons. The molecule has 0 fully saturated rings. The van der Waals surface area contributed by atoms with Gasteiger partial charge in [-0.1, -0.05) is 62.4 Å². The van der Waals surface area contributed by atoms with E-state index < -0.39 is 0 Å². The van der Waals surface area contributed by atoms with Crippen LogP contribution in [0.3, 0.4) is 0 Å². The number of hydrogen-bond acceptors (Lipinski definition) is 5. The van der Waals surface area contributed by atoms with Gasteiger partial charge in [0.25, 0.3) is 0 Å². The predicted molar refractivity (Wildman–Crippen MR) is 108 cm³/mol. The number of hydrogen-bond donors (Lipinski definition) is 1. The summed E-state index contributed by atoms with van der Waals surface area (Å²) in [5.41, 5.74) is 4.37. The predicted octanol–water partition coefficient (Wildman–Crippen LogP) is 3.69. The molecule has 0 amide bonds. The van der Waals surface area contributed by atoms with Crippen LogP contribution in [0, 0.1) is 0 Å². The zero-order chi connectivity index (χ0) is 19.3. The average molecular weight is 373 g/mol. The number of aromatic nitrogens is 7. The normalized spacial score (nSPS) is 11.1. The van der Waals surface area contributed by atoms with E-state index in [9.17, 15) is 0 Å². The van der Waals surface area contributed by atoms with Gasteiger partial charge in [0.1, 0.15) is 5.82 Å². The molecule has 0 spiro atoms. The van der Waals surface area contributed by atoms with Gasteiger partial charge < -0.3 is 0 Å². The molecule has 0 saturated carbocycles. The van der Waals surface area contributed by atoms with Crippen molar-refractivity contribution in [1.29, 1.82) is 0 Å². The quantitative estimate of drug-likeness (QED) is 0.534. The van der Waals surface area contributed by atoms with Crippen LogP contribution in [-0.2, 0) is 19.4 Å². The van der Waals surface area contributed by atoms with Crippen LogP contribution < -0.4 is 0 Å². The van der Waals surface area contributed by atoms with E-state index in [1.54, 1.807) is 0 Å². The van der Waals surface area contributed by atoms with Gasteiger partial charge >= 0.3 is 0 Å². The zero-order valence-corrected chi connectivity index (χ0v) is 16.1. The molecule has 0 aliphatic heterocycles. The molecule has 2 aromatic heterocycles. The first kappa shape index (κ1) is 18.0. The van der Waals surface area contributed by atoms with Crippen LogP contribution in [0.1, 0.15) is 37.5 Å². The van der Waals surface area contributed by atoms with Gasteiger partial charge in [0.15, 0.2) is 5.82 Å². The topological polar surface area (TPSA) is 85.2 Å². The van der Waals surface area contributed by atoms with E-state index in [2.05, 4.69) is 69.9 Å². The fourth-order valence-electron chi connectivity index (χ4n) is 3.29. The Morgan fingerprint density at radius 1 is 0.964 bits per heavy atom. The second-order valence-electron chi connectivity index (χ2n) is 6.68. The molecule has 0 atom stereocenters. The minimum Gasteiger partial charge on any atom is -0.249 e. The molecule has 0 radical (unpaired) electrons. The van der Waals surface area contributed by atoms with Crippen LogP contribution in [-0.4, -0.2) is 35.4 Å². The number of tetrazole rings is 1. The minimum absolute atomic E-state index is 0.597. The van der Waals surface area contributed by atoms with E-state index in [-0.39, 0.29) is 0 Å². The second kappa shape index (κ2) is 8.12. The molecule has 7 nitrogen and oxygen atoms in total. The van der Waals surface area contributed by atoms with Crippen LogP contribution >= 0.6 is 0 Å². The number of aromatic amines is 1. The maximum atomic E-state index is 4.70. The highest BCUT2D eigenvalue weighted by atomic mass is 15.5. The molecule has 1 N–H and O–H groups in total. The number of benzene rings is 2. The largest absolute Gasteiger partial charge is 0.249 e. The van der Waals surface area contributed by atoms with Crippen LogP contribution in [0.4, 0.5) is 0 Å². The summed E-state index contributed by atoms with van der Waals surface area (Å²) in [5.74, 6) is 2.53. The number of nitrogens with one attached hydrogen (secondary N) is 1. The maximum Gasteiger partial charge on any atom is 0.205 e. The summed E-state index contributed by atoms with van der Waals surface area (Å²) in [4.78, 5) is 4.70. The van der Waals surface area contributed by atoms with Gasteiger partial charge in [-0.3, -0.25) is 0 Å². The van der Waals surface area contributed by atoms with Gasteiger partial charge in [-0.05, 0) is 28.3 Å². The molecular weight excluding hydrogens is 350 g/mol. The summed E-state index contributed by atoms with van der Waals surface area (Å²) in [6.07, 6.45) is 2.68. The lowest BCUT2D eigenvalue weighted by molar-refractivity contribution is 0.571. The Labute approximate surface area is 163 Å². The third-order valence-electron chi connectivity index (χ3n) is 4.68. The highest BCUT2D eigenvalue weighted by Gasteiger charge is 2.12. The molecular formula is C21H23N7. The van der Waals surface area contributed by atoms with Gasteiger partial charge in [0.05, 0.1) is 0 Å². The Morgan fingerprint density at radius 2 is 1.75 bits per heavy atom. The van der Waals surface area contributed by atoms with E-state index in [1.165, 1.54) is 5.56 Å². The molecule has 4 rings (SSSR count). The van der Waals surface area contributed by atoms with Gasteiger partial charge in [-0.15, -0.1) is 10.2 Å². The Balaban J connectivity index is 1.60. The van der Waals surface area contributed by atoms with E-state index in [4.69, 9.17) is 4.98 Å². The molecule has 2 heterocycles. The third-order valence-corrected chi connectivity index (χ3v) is 4.68. The highest BCUT2D eigenvalue weighted by Crippen LogP contribution is 2.29. The van der Waals surface area contributed by atoms with E-state index >= 15 is 0 Å². The molecule has 2 aromatic carbocycles. The van der Waals surface area contributed by atoms with Crippen LogP contribution in [0.25, 0.3) is 22.5 Å². The standard InChI is InChI=1S/C21H23N7/c1-3-13-28-20(22-19(4-2)25-28)14-15-9-11-16(12-10-15)17-7-5-6-8-18(17)21-23-26-27-24-21/h5-12H,3-4,13-14H2,1-2H3,(H,23,24,26,27). The van der Waals surface area contributed by atoms with Crippen molar-refractivity contribution in [3.05, 3.63) is 65.7 Å². The lowest BCUT2D eigenvalue weighted by Gasteiger charge is -2.08. The summed E-state index contributed by atoms with van der Waals surface area (Å²) in [5, 5.41) is 19.0. The summed E-state index contributed by atoms with van der Waals surface area (Å²) in [6.45, 7) is 5.15. The molecule has 4 aromatic rings. The smallest absolute Gasteiger partial charge is 0.205 e. The Hall–Kier alpha value is -3.35. The Morgan fingerprint density at radius 3 is 2.43 bits per heavy atom. The van der Waals surface area contributed by atoms with Crippen molar-refractivity contribution in [3.63, 3.8) is 0 Å². The highest BCUT2D eigenvalue weighted by molar-refractivity contribution is 5.80. The van der Waals surface area contributed by atoms with Crippen molar-refractivity contribution in [2.75, 3.05) is 0 Å². The molecule has 0 aliphatic carbocycles. The zero-order valence-electron chi connectivity index (χ0n) is 16.1. The third kappa shape index (κ3) is 3.69. The number of aryl methyl sites for hydroxylation is 2. The molecule has 28 heavy (non-hydrogen) atoms. The van der Waals surface area contributed by atoms with Crippen molar-refractivity contribution in [1.82, 2.24) is 35.4 Å². The van der Waals surface area contributed by atoms with Gasteiger partial charge in [-0.25, -0.2) is 9.67 Å². The monoisotopic (exact) mass is 373 g/mol. The van der Waals surface area contributed by atoms with Crippen LogP contribution in [0.15, 0.2) is 48.5 Å². The SMILES string of the molecule is CCCn1nc(CC)nc1Cc1ccc(-c2ccccc2-c2nn[nH]n2)cc1. The summed E-state index contributed by atoms with van der Waals surface area (Å²) in [6, 6.07) is 16.7. The molecule has 0 bridgehead atoms. The fourth-order valence-corrected chi connectivity index (χ4v) is 3.29. The van der Waals surface area contributed by atoms with Crippen LogP contribution in [0.2, 0.25) is 0 Å². The van der Waals surface area contributed by atoms with Crippen molar-refractivity contribution in [2.24, 2.45) is 0 Å². The van der Waals surface area contributed by atoms with Gasteiger partial charge in [0.2, 0.25) is 5.82 Å². The lowest BCUT2D eigenvalue weighted by atomic mass is 9.98. The van der Waals surface area contributed by atoms with Gasteiger partial charge in [0, 0.05) is 24.9 Å². The minimum atomic E-state index is 0.597. The first-order valence-corrected chi connectivity index (χ1v) is 9.63. The van der Waals surface area contributed by atoms with E-state index in [0.29, 0.717) is 5.82 Å². The van der Waals surface area contributed by atoms with Gasteiger partial charge in [-0.2, -0.15) is 10.3 Å². The number of H-pyrrole nitrogens is 1. The molecule has 0 unspecified atom stereocenters. The van der Waals surface area contributed by atoms with E-state index in [0.717, 1.165) is 54.1 Å².